The van der Waals surface area contributed by atoms with E-state index in [0.29, 0.717) is 19.5 Å². The largest absolute Gasteiger partial charge is 0.337 e. The molecule has 2 N–H and O–H groups in total. The Balaban J connectivity index is 1.38. The van der Waals surface area contributed by atoms with Gasteiger partial charge in [-0.25, -0.2) is 4.79 Å². The number of carbonyl (C=O) groups excluding carboxylic acids is 2. The molecule has 0 bridgehead atoms. The zero-order valence-electron chi connectivity index (χ0n) is 15.6. The molecule has 142 valence electrons. The summed E-state index contributed by atoms with van der Waals surface area (Å²) in [5, 5.41) is 5.78. The SMILES string of the molecule is CN(CCNC(=O)N[C@@H]1CC(=O)N(c2ccccc2)C1)Cc1ccccc1. The summed E-state index contributed by atoms with van der Waals surface area (Å²) in [6.45, 7) is 2.65. The topological polar surface area (TPSA) is 64.7 Å². The molecule has 0 radical (unpaired) electrons. The third-order valence-corrected chi connectivity index (χ3v) is 4.60. The van der Waals surface area contributed by atoms with Crippen molar-refractivity contribution in [2.75, 3.05) is 31.6 Å². The zero-order chi connectivity index (χ0) is 19.1. The first-order valence-electron chi connectivity index (χ1n) is 9.24. The van der Waals surface area contributed by atoms with E-state index >= 15 is 0 Å². The normalized spacial score (nSPS) is 16.6. The molecule has 1 fully saturated rings. The number of nitrogens with one attached hydrogen (secondary N) is 2. The van der Waals surface area contributed by atoms with Crippen molar-refractivity contribution in [2.24, 2.45) is 0 Å². The molecule has 1 saturated heterocycles. The second-order valence-electron chi connectivity index (χ2n) is 6.86. The van der Waals surface area contributed by atoms with Crippen molar-refractivity contribution in [1.29, 1.82) is 0 Å². The van der Waals surface area contributed by atoms with Gasteiger partial charge in [-0.05, 0) is 24.7 Å². The fourth-order valence-corrected chi connectivity index (χ4v) is 3.23. The molecule has 0 aromatic heterocycles. The van der Waals surface area contributed by atoms with Crippen molar-refractivity contribution >= 4 is 17.6 Å². The zero-order valence-corrected chi connectivity index (χ0v) is 15.6. The summed E-state index contributed by atoms with van der Waals surface area (Å²) in [6.07, 6.45) is 0.330. The van der Waals surface area contributed by atoms with Crippen LogP contribution in [0.15, 0.2) is 60.7 Å². The van der Waals surface area contributed by atoms with Gasteiger partial charge in [0, 0.05) is 38.3 Å². The summed E-state index contributed by atoms with van der Waals surface area (Å²) in [7, 11) is 2.03. The number of rotatable bonds is 7. The summed E-state index contributed by atoms with van der Waals surface area (Å²) in [6, 6.07) is 19.4. The highest BCUT2D eigenvalue weighted by Crippen LogP contribution is 2.20. The van der Waals surface area contributed by atoms with Crippen molar-refractivity contribution in [3.63, 3.8) is 0 Å². The Labute approximate surface area is 160 Å². The molecule has 3 rings (SSSR count). The first-order valence-corrected chi connectivity index (χ1v) is 9.24. The van der Waals surface area contributed by atoms with E-state index in [-0.39, 0.29) is 18.0 Å². The molecule has 6 heteroatoms. The molecule has 1 atom stereocenters. The predicted octanol–water partition coefficient (Wildman–Crippen LogP) is 2.22. The van der Waals surface area contributed by atoms with Crippen LogP contribution >= 0.6 is 0 Å². The van der Waals surface area contributed by atoms with E-state index < -0.39 is 0 Å². The second kappa shape index (κ2) is 9.19. The van der Waals surface area contributed by atoms with Crippen molar-refractivity contribution in [3.8, 4) is 0 Å². The van der Waals surface area contributed by atoms with Gasteiger partial charge in [0.05, 0.1) is 6.04 Å². The summed E-state index contributed by atoms with van der Waals surface area (Å²) in [5.74, 6) is 0.0362. The number of urea groups is 1. The summed E-state index contributed by atoms with van der Waals surface area (Å²) in [5.41, 5.74) is 2.12. The lowest BCUT2D eigenvalue weighted by Crippen LogP contribution is -2.45. The second-order valence-corrected chi connectivity index (χ2v) is 6.86. The first-order chi connectivity index (χ1) is 13.1. The maximum Gasteiger partial charge on any atom is 0.315 e. The van der Waals surface area contributed by atoms with Crippen LogP contribution in [0, 0.1) is 0 Å². The van der Waals surface area contributed by atoms with Crippen LogP contribution in [-0.4, -0.2) is 49.6 Å². The van der Waals surface area contributed by atoms with E-state index in [1.54, 1.807) is 4.90 Å². The number of para-hydroxylation sites is 1. The van der Waals surface area contributed by atoms with E-state index in [0.717, 1.165) is 18.8 Å². The highest BCUT2D eigenvalue weighted by Gasteiger charge is 2.31. The lowest BCUT2D eigenvalue weighted by Gasteiger charge is -2.19. The van der Waals surface area contributed by atoms with Gasteiger partial charge in [-0.1, -0.05) is 48.5 Å². The monoisotopic (exact) mass is 366 g/mol. The maximum atomic E-state index is 12.2. The molecule has 0 unspecified atom stereocenters. The number of likely N-dealkylation sites (N-methyl/N-ethyl adjacent to an activating group) is 1. The fourth-order valence-electron chi connectivity index (χ4n) is 3.23. The Bertz CT molecular complexity index is 751. The molecule has 2 aromatic rings. The van der Waals surface area contributed by atoms with Gasteiger partial charge in [0.15, 0.2) is 0 Å². The van der Waals surface area contributed by atoms with Crippen molar-refractivity contribution < 1.29 is 9.59 Å². The standard InChI is InChI=1S/C21H26N4O2/c1-24(15-17-8-4-2-5-9-17)13-12-22-21(27)23-18-14-20(26)25(16-18)19-10-6-3-7-11-19/h2-11,18H,12-16H2,1H3,(H2,22,23,27)/t18-/m1/s1. The van der Waals surface area contributed by atoms with Gasteiger partial charge in [-0.2, -0.15) is 0 Å². The van der Waals surface area contributed by atoms with Gasteiger partial charge in [0.2, 0.25) is 5.91 Å². The minimum Gasteiger partial charge on any atom is -0.337 e. The molecule has 0 aliphatic carbocycles. The first kappa shape index (κ1) is 18.9. The molecule has 2 aromatic carbocycles. The summed E-state index contributed by atoms with van der Waals surface area (Å²) in [4.78, 5) is 28.2. The molecule has 0 saturated carbocycles. The van der Waals surface area contributed by atoms with E-state index in [9.17, 15) is 9.59 Å². The molecule has 1 aliphatic heterocycles. The number of hydrogen-bond acceptors (Lipinski definition) is 3. The van der Waals surface area contributed by atoms with Crippen LogP contribution in [0.5, 0.6) is 0 Å². The number of hydrogen-bond donors (Lipinski definition) is 2. The number of carbonyl (C=O) groups is 2. The molecular formula is C21H26N4O2. The average Bonchev–Trinajstić information content (AvgIpc) is 3.03. The molecule has 27 heavy (non-hydrogen) atoms. The van der Waals surface area contributed by atoms with Crippen molar-refractivity contribution in [2.45, 2.75) is 19.0 Å². The molecular weight excluding hydrogens is 340 g/mol. The quantitative estimate of drug-likeness (QED) is 0.790. The van der Waals surface area contributed by atoms with Gasteiger partial charge in [-0.3, -0.25) is 4.79 Å². The fraction of sp³-hybridized carbons (Fsp3) is 0.333. The van der Waals surface area contributed by atoms with Gasteiger partial charge < -0.3 is 20.4 Å². The molecule has 1 aliphatic rings. The van der Waals surface area contributed by atoms with Gasteiger partial charge in [0.1, 0.15) is 0 Å². The number of amides is 3. The lowest BCUT2D eigenvalue weighted by atomic mass is 10.2. The lowest BCUT2D eigenvalue weighted by molar-refractivity contribution is -0.117. The van der Waals surface area contributed by atoms with Crippen LogP contribution < -0.4 is 15.5 Å². The van der Waals surface area contributed by atoms with Gasteiger partial charge >= 0.3 is 6.03 Å². The van der Waals surface area contributed by atoms with Crippen LogP contribution in [0.4, 0.5) is 10.5 Å². The van der Waals surface area contributed by atoms with E-state index in [4.69, 9.17) is 0 Å². The Morgan fingerprint density at radius 2 is 1.78 bits per heavy atom. The summed E-state index contributed by atoms with van der Waals surface area (Å²) >= 11 is 0. The van der Waals surface area contributed by atoms with Gasteiger partial charge in [-0.15, -0.1) is 0 Å². The number of anilines is 1. The Morgan fingerprint density at radius 1 is 1.11 bits per heavy atom. The van der Waals surface area contributed by atoms with Crippen LogP contribution in [-0.2, 0) is 11.3 Å². The van der Waals surface area contributed by atoms with Crippen LogP contribution in [0.1, 0.15) is 12.0 Å². The van der Waals surface area contributed by atoms with E-state index in [1.807, 2.05) is 55.6 Å². The number of benzene rings is 2. The Kier molecular flexibility index (Phi) is 6.44. The minimum absolute atomic E-state index is 0.0362. The molecule has 0 spiro atoms. The minimum atomic E-state index is -0.226. The Morgan fingerprint density at radius 3 is 2.48 bits per heavy atom. The smallest absolute Gasteiger partial charge is 0.315 e. The summed E-state index contributed by atoms with van der Waals surface area (Å²) < 4.78 is 0. The van der Waals surface area contributed by atoms with Crippen LogP contribution in [0.3, 0.4) is 0 Å². The highest BCUT2D eigenvalue weighted by atomic mass is 16.2. The molecule has 1 heterocycles. The Hall–Kier alpha value is -2.86. The highest BCUT2D eigenvalue weighted by molar-refractivity contribution is 5.96. The predicted molar refractivity (Wildman–Crippen MR) is 107 cm³/mol. The van der Waals surface area contributed by atoms with E-state index in [2.05, 4.69) is 27.7 Å². The van der Waals surface area contributed by atoms with E-state index in [1.165, 1.54) is 5.56 Å². The van der Waals surface area contributed by atoms with Crippen molar-refractivity contribution in [1.82, 2.24) is 15.5 Å². The van der Waals surface area contributed by atoms with Crippen LogP contribution in [0.2, 0.25) is 0 Å². The molecule has 6 nitrogen and oxygen atoms in total. The van der Waals surface area contributed by atoms with Crippen LogP contribution in [0.25, 0.3) is 0 Å². The molecule has 3 amide bonds. The number of nitrogens with zero attached hydrogens (tertiary/aromatic N) is 2. The van der Waals surface area contributed by atoms with Gasteiger partial charge in [0.25, 0.3) is 0 Å². The average molecular weight is 366 g/mol. The van der Waals surface area contributed by atoms with Crippen molar-refractivity contribution in [3.05, 3.63) is 66.2 Å². The third kappa shape index (κ3) is 5.56. The third-order valence-electron chi connectivity index (χ3n) is 4.60. The maximum absolute atomic E-state index is 12.2.